The van der Waals surface area contributed by atoms with E-state index in [1.54, 1.807) is 0 Å². The molecule has 0 spiro atoms. The van der Waals surface area contributed by atoms with E-state index in [0.717, 1.165) is 12.6 Å². The van der Waals surface area contributed by atoms with E-state index in [2.05, 4.69) is 23.9 Å². The third-order valence-corrected chi connectivity index (χ3v) is 4.24. The van der Waals surface area contributed by atoms with Gasteiger partial charge in [-0.3, -0.25) is 0 Å². The molecule has 15 heavy (non-hydrogen) atoms. The van der Waals surface area contributed by atoms with Crippen molar-refractivity contribution < 1.29 is 0 Å². The fourth-order valence-electron chi connectivity index (χ4n) is 2.67. The topological polar surface area (TPSA) is 32.5 Å². The Balaban J connectivity index is 1.74. The Morgan fingerprint density at radius 2 is 1.87 bits per heavy atom. The van der Waals surface area contributed by atoms with Gasteiger partial charge in [-0.15, -0.1) is 0 Å². The van der Waals surface area contributed by atoms with Gasteiger partial charge < -0.3 is 15.5 Å². The number of nitrogens with two attached hydrogens (primary N) is 1. The summed E-state index contributed by atoms with van der Waals surface area (Å²) in [6.07, 6.45) is 5.37. The molecule has 0 amide bonds. The van der Waals surface area contributed by atoms with Gasteiger partial charge >= 0.3 is 0 Å². The van der Waals surface area contributed by atoms with Crippen molar-refractivity contribution in [3.05, 3.63) is 0 Å². The van der Waals surface area contributed by atoms with E-state index in [9.17, 15) is 0 Å². The molecule has 0 unspecified atom stereocenters. The molecule has 1 aliphatic carbocycles. The van der Waals surface area contributed by atoms with Gasteiger partial charge in [0.05, 0.1) is 0 Å². The van der Waals surface area contributed by atoms with E-state index in [-0.39, 0.29) is 0 Å². The molecule has 0 atom stereocenters. The van der Waals surface area contributed by atoms with E-state index in [0.29, 0.717) is 5.41 Å². The molecule has 0 radical (unpaired) electrons. The molecule has 1 heterocycles. The summed E-state index contributed by atoms with van der Waals surface area (Å²) in [7, 11) is 4.39. The molecule has 0 aromatic heterocycles. The Morgan fingerprint density at radius 3 is 2.27 bits per heavy atom. The minimum atomic E-state index is 0.519. The molecule has 1 aliphatic heterocycles. The lowest BCUT2D eigenvalue weighted by Crippen LogP contribution is -2.44. The molecule has 88 valence electrons. The van der Waals surface area contributed by atoms with Gasteiger partial charge in [0.2, 0.25) is 0 Å². The normalized spacial score (nSPS) is 27.2. The van der Waals surface area contributed by atoms with Gasteiger partial charge in [-0.2, -0.15) is 0 Å². The summed E-state index contributed by atoms with van der Waals surface area (Å²) in [5.74, 6) is 0. The van der Waals surface area contributed by atoms with Crippen LogP contribution in [0.2, 0.25) is 0 Å². The third kappa shape index (κ3) is 2.71. The summed E-state index contributed by atoms with van der Waals surface area (Å²) in [6, 6.07) is 0.800. The van der Waals surface area contributed by atoms with Crippen molar-refractivity contribution in [1.82, 2.24) is 9.80 Å². The van der Waals surface area contributed by atoms with Crippen LogP contribution in [0.4, 0.5) is 0 Å². The maximum Gasteiger partial charge on any atom is 0.0113 e. The average molecular weight is 211 g/mol. The van der Waals surface area contributed by atoms with E-state index >= 15 is 0 Å². The molecule has 1 saturated heterocycles. The van der Waals surface area contributed by atoms with Gasteiger partial charge in [0.1, 0.15) is 0 Å². The lowest BCUT2D eigenvalue weighted by atomic mass is 10.0. The fraction of sp³-hybridized carbons (Fsp3) is 1.00. The summed E-state index contributed by atoms with van der Waals surface area (Å²) >= 11 is 0. The van der Waals surface area contributed by atoms with Crippen LogP contribution in [0.3, 0.4) is 0 Å². The minimum absolute atomic E-state index is 0.519. The predicted molar refractivity (Wildman–Crippen MR) is 63.9 cm³/mol. The first-order valence-electron chi connectivity index (χ1n) is 6.24. The van der Waals surface area contributed by atoms with Crippen molar-refractivity contribution >= 4 is 0 Å². The zero-order valence-electron chi connectivity index (χ0n) is 10.2. The summed E-state index contributed by atoms with van der Waals surface area (Å²) in [6.45, 7) is 4.68. The van der Waals surface area contributed by atoms with Crippen molar-refractivity contribution in [1.29, 1.82) is 0 Å². The second-order valence-corrected chi connectivity index (χ2v) is 5.68. The molecule has 3 nitrogen and oxygen atoms in total. The highest BCUT2D eigenvalue weighted by Gasteiger charge is 2.42. The van der Waals surface area contributed by atoms with Gasteiger partial charge in [-0.05, 0) is 64.8 Å². The highest BCUT2D eigenvalue weighted by Crippen LogP contribution is 2.45. The fourth-order valence-corrected chi connectivity index (χ4v) is 2.67. The molecule has 0 aromatic carbocycles. The van der Waals surface area contributed by atoms with Gasteiger partial charge in [-0.25, -0.2) is 0 Å². The second-order valence-electron chi connectivity index (χ2n) is 5.68. The van der Waals surface area contributed by atoms with Crippen LogP contribution in [0.25, 0.3) is 0 Å². The SMILES string of the molecule is CN(C)C1CCN(CC2(CN)CC2)CC1. The monoisotopic (exact) mass is 211 g/mol. The Kier molecular flexibility index (Phi) is 3.33. The molecule has 0 aromatic rings. The van der Waals surface area contributed by atoms with Crippen LogP contribution < -0.4 is 5.73 Å². The lowest BCUT2D eigenvalue weighted by Gasteiger charge is -2.36. The van der Waals surface area contributed by atoms with Crippen molar-refractivity contribution in [2.24, 2.45) is 11.1 Å². The van der Waals surface area contributed by atoms with Crippen molar-refractivity contribution in [2.45, 2.75) is 31.7 Å². The second kappa shape index (κ2) is 4.40. The van der Waals surface area contributed by atoms with Gasteiger partial charge in [0.25, 0.3) is 0 Å². The summed E-state index contributed by atoms with van der Waals surface area (Å²) in [5, 5.41) is 0. The molecule has 0 bridgehead atoms. The Labute approximate surface area is 93.6 Å². The molecule has 2 fully saturated rings. The van der Waals surface area contributed by atoms with Gasteiger partial charge in [0, 0.05) is 12.6 Å². The summed E-state index contributed by atoms with van der Waals surface area (Å²) in [5.41, 5.74) is 6.35. The molecule has 3 heteroatoms. The number of piperidine rings is 1. The maximum absolute atomic E-state index is 5.83. The number of hydrogen-bond acceptors (Lipinski definition) is 3. The summed E-state index contributed by atoms with van der Waals surface area (Å²) in [4.78, 5) is 4.99. The highest BCUT2D eigenvalue weighted by molar-refractivity contribution is 4.97. The van der Waals surface area contributed by atoms with Gasteiger partial charge in [0.15, 0.2) is 0 Å². The van der Waals surface area contributed by atoms with Gasteiger partial charge in [-0.1, -0.05) is 0 Å². The highest BCUT2D eigenvalue weighted by atomic mass is 15.2. The summed E-state index contributed by atoms with van der Waals surface area (Å²) < 4.78 is 0. The molecular weight excluding hydrogens is 186 g/mol. The molecule has 2 aliphatic rings. The van der Waals surface area contributed by atoms with Crippen LogP contribution in [0.1, 0.15) is 25.7 Å². The van der Waals surface area contributed by atoms with E-state index in [1.165, 1.54) is 45.3 Å². The number of hydrogen-bond donors (Lipinski definition) is 1. The lowest BCUT2D eigenvalue weighted by molar-refractivity contribution is 0.126. The van der Waals surface area contributed by atoms with Crippen LogP contribution in [0, 0.1) is 5.41 Å². The number of likely N-dealkylation sites (tertiary alicyclic amines) is 1. The first-order chi connectivity index (χ1) is 7.15. The maximum atomic E-state index is 5.83. The zero-order valence-corrected chi connectivity index (χ0v) is 10.2. The molecule has 1 saturated carbocycles. The quantitative estimate of drug-likeness (QED) is 0.745. The standard InChI is InChI=1S/C12H25N3/c1-14(2)11-3-7-15(8-4-11)10-12(9-13)5-6-12/h11H,3-10,13H2,1-2H3. The zero-order chi connectivity index (χ0) is 10.9. The Bertz CT molecular complexity index is 203. The first kappa shape index (κ1) is 11.4. The smallest absolute Gasteiger partial charge is 0.0113 e. The van der Waals surface area contributed by atoms with E-state index in [4.69, 9.17) is 5.73 Å². The molecule has 2 N–H and O–H groups in total. The minimum Gasteiger partial charge on any atom is -0.330 e. The number of nitrogens with zero attached hydrogens (tertiary/aromatic N) is 2. The van der Waals surface area contributed by atoms with Crippen LogP contribution in [-0.4, -0.2) is 56.1 Å². The van der Waals surface area contributed by atoms with Crippen LogP contribution in [-0.2, 0) is 0 Å². The van der Waals surface area contributed by atoms with Crippen LogP contribution in [0.5, 0.6) is 0 Å². The van der Waals surface area contributed by atoms with E-state index in [1.807, 2.05) is 0 Å². The predicted octanol–water partition coefficient (Wildman–Crippen LogP) is 0.751. The first-order valence-corrected chi connectivity index (χ1v) is 6.24. The average Bonchev–Trinajstić information content (AvgIpc) is 2.99. The Hall–Kier alpha value is -0.120. The van der Waals surface area contributed by atoms with Crippen LogP contribution in [0.15, 0.2) is 0 Å². The van der Waals surface area contributed by atoms with Crippen LogP contribution >= 0.6 is 0 Å². The third-order valence-electron chi connectivity index (χ3n) is 4.24. The van der Waals surface area contributed by atoms with E-state index < -0.39 is 0 Å². The largest absolute Gasteiger partial charge is 0.330 e. The number of rotatable bonds is 4. The van der Waals surface area contributed by atoms with Crippen molar-refractivity contribution in [2.75, 3.05) is 40.3 Å². The van der Waals surface area contributed by atoms with Crippen molar-refractivity contribution in [3.8, 4) is 0 Å². The molecular formula is C12H25N3. The molecule has 2 rings (SSSR count). The van der Waals surface area contributed by atoms with Crippen molar-refractivity contribution in [3.63, 3.8) is 0 Å². The Morgan fingerprint density at radius 1 is 1.27 bits per heavy atom.